The van der Waals surface area contributed by atoms with E-state index in [0.29, 0.717) is 0 Å². The Kier molecular flexibility index (Phi) is 1.82. The zero-order valence-corrected chi connectivity index (χ0v) is 7.23. The number of rotatable bonds is 2. The van der Waals surface area contributed by atoms with Crippen molar-refractivity contribution in [1.29, 1.82) is 0 Å². The highest BCUT2D eigenvalue weighted by Gasteiger charge is 2.17. The van der Waals surface area contributed by atoms with Gasteiger partial charge < -0.3 is 9.55 Å². The molecule has 0 saturated heterocycles. The number of nitrogens with one attached hydrogen (secondary N) is 1. The minimum absolute atomic E-state index is 0.858. The first-order chi connectivity index (χ1) is 5.36. The van der Waals surface area contributed by atoms with Gasteiger partial charge in [-0.05, 0) is 31.0 Å². The van der Waals surface area contributed by atoms with Crippen LogP contribution in [0.2, 0.25) is 0 Å². The van der Waals surface area contributed by atoms with Gasteiger partial charge in [0.2, 0.25) is 0 Å². The zero-order valence-electron chi connectivity index (χ0n) is 6.42. The molecule has 1 fully saturated rings. The number of H-pyrrole nitrogens is 1. The summed E-state index contributed by atoms with van der Waals surface area (Å²) >= 11 is 5.08. The Balaban J connectivity index is 2.05. The van der Waals surface area contributed by atoms with E-state index in [1.165, 1.54) is 19.3 Å². The van der Waals surface area contributed by atoms with Crippen LogP contribution in [0.5, 0.6) is 0 Å². The topological polar surface area (TPSA) is 20.7 Å². The normalized spacial score (nSPS) is 18.2. The maximum absolute atomic E-state index is 5.08. The van der Waals surface area contributed by atoms with Crippen LogP contribution in [0.15, 0.2) is 12.4 Å². The van der Waals surface area contributed by atoms with Gasteiger partial charge in [0.15, 0.2) is 4.77 Å². The Hall–Kier alpha value is -0.570. The molecule has 0 unspecified atom stereocenters. The standard InChI is InChI=1S/C8H12N2S/c11-8-9-4-5-10(8)6-7-2-1-3-7/h4-5,7H,1-3,6H2,(H,9,11). The molecule has 0 spiro atoms. The van der Waals surface area contributed by atoms with E-state index in [2.05, 4.69) is 9.55 Å². The number of hydrogen-bond donors (Lipinski definition) is 1. The molecular weight excluding hydrogens is 156 g/mol. The van der Waals surface area contributed by atoms with Crippen molar-refractivity contribution in [3.05, 3.63) is 17.2 Å². The molecule has 2 nitrogen and oxygen atoms in total. The summed E-state index contributed by atoms with van der Waals surface area (Å²) < 4.78 is 2.98. The largest absolute Gasteiger partial charge is 0.337 e. The van der Waals surface area contributed by atoms with Gasteiger partial charge in [0, 0.05) is 18.9 Å². The molecular formula is C8H12N2S. The van der Waals surface area contributed by atoms with Crippen LogP contribution in [0.4, 0.5) is 0 Å². The second-order valence-electron chi connectivity index (χ2n) is 3.21. The molecule has 1 aromatic rings. The smallest absolute Gasteiger partial charge is 0.177 e. The molecule has 1 saturated carbocycles. The molecule has 0 aliphatic heterocycles. The Morgan fingerprint density at radius 2 is 2.45 bits per heavy atom. The third-order valence-corrected chi connectivity index (χ3v) is 2.75. The predicted molar refractivity (Wildman–Crippen MR) is 47.0 cm³/mol. The van der Waals surface area contributed by atoms with E-state index in [-0.39, 0.29) is 0 Å². The monoisotopic (exact) mass is 168 g/mol. The quantitative estimate of drug-likeness (QED) is 0.672. The lowest BCUT2D eigenvalue weighted by atomic mass is 9.85. The molecule has 11 heavy (non-hydrogen) atoms. The van der Waals surface area contributed by atoms with E-state index in [9.17, 15) is 0 Å². The van der Waals surface area contributed by atoms with Crippen molar-refractivity contribution in [2.75, 3.05) is 0 Å². The lowest BCUT2D eigenvalue weighted by Gasteiger charge is -2.25. The van der Waals surface area contributed by atoms with E-state index >= 15 is 0 Å². The predicted octanol–water partition coefficient (Wildman–Crippen LogP) is 2.35. The van der Waals surface area contributed by atoms with Crippen LogP contribution in [-0.2, 0) is 6.54 Å². The molecule has 1 aromatic heterocycles. The molecule has 0 amide bonds. The van der Waals surface area contributed by atoms with Gasteiger partial charge in [-0.3, -0.25) is 0 Å². The minimum Gasteiger partial charge on any atom is -0.337 e. The van der Waals surface area contributed by atoms with E-state index in [1.54, 1.807) is 0 Å². The molecule has 2 rings (SSSR count). The Morgan fingerprint density at radius 1 is 1.64 bits per heavy atom. The second kappa shape index (κ2) is 2.81. The maximum atomic E-state index is 5.08. The van der Waals surface area contributed by atoms with E-state index in [4.69, 9.17) is 12.2 Å². The van der Waals surface area contributed by atoms with Crippen LogP contribution in [0.3, 0.4) is 0 Å². The Morgan fingerprint density at radius 3 is 2.91 bits per heavy atom. The Labute approximate surface area is 71.2 Å². The van der Waals surface area contributed by atoms with Gasteiger partial charge in [-0.25, -0.2) is 0 Å². The first kappa shape index (κ1) is 7.10. The van der Waals surface area contributed by atoms with Crippen molar-refractivity contribution in [2.24, 2.45) is 5.92 Å². The van der Waals surface area contributed by atoms with Gasteiger partial charge in [0.25, 0.3) is 0 Å². The maximum Gasteiger partial charge on any atom is 0.177 e. The van der Waals surface area contributed by atoms with Crippen molar-refractivity contribution in [3.63, 3.8) is 0 Å². The fourth-order valence-electron chi connectivity index (χ4n) is 1.45. The lowest BCUT2D eigenvalue weighted by Crippen LogP contribution is -2.17. The Bertz CT molecular complexity index is 282. The van der Waals surface area contributed by atoms with Crippen LogP contribution in [0, 0.1) is 10.7 Å². The molecule has 1 aliphatic carbocycles. The summed E-state index contributed by atoms with van der Waals surface area (Å²) in [5.41, 5.74) is 0. The average molecular weight is 168 g/mol. The summed E-state index contributed by atoms with van der Waals surface area (Å²) in [5.74, 6) is 0.887. The summed E-state index contributed by atoms with van der Waals surface area (Å²) in [5, 5.41) is 0. The van der Waals surface area contributed by atoms with Gasteiger partial charge >= 0.3 is 0 Å². The van der Waals surface area contributed by atoms with E-state index < -0.39 is 0 Å². The molecule has 1 N–H and O–H groups in total. The highest BCUT2D eigenvalue weighted by molar-refractivity contribution is 7.71. The molecule has 0 atom stereocenters. The fourth-order valence-corrected chi connectivity index (χ4v) is 1.65. The fraction of sp³-hybridized carbons (Fsp3) is 0.625. The number of hydrogen-bond acceptors (Lipinski definition) is 1. The van der Waals surface area contributed by atoms with Crippen LogP contribution < -0.4 is 0 Å². The molecule has 0 radical (unpaired) electrons. The number of nitrogens with zero attached hydrogens (tertiary/aromatic N) is 1. The average Bonchev–Trinajstić information content (AvgIpc) is 2.27. The molecule has 0 aromatic carbocycles. The van der Waals surface area contributed by atoms with Crippen LogP contribution in [0.1, 0.15) is 19.3 Å². The second-order valence-corrected chi connectivity index (χ2v) is 3.60. The van der Waals surface area contributed by atoms with E-state index in [1.807, 2.05) is 12.4 Å². The van der Waals surface area contributed by atoms with Crippen molar-refractivity contribution >= 4 is 12.2 Å². The first-order valence-electron chi connectivity index (χ1n) is 4.10. The van der Waals surface area contributed by atoms with Gasteiger partial charge in [-0.15, -0.1) is 0 Å². The number of imidazole rings is 1. The highest BCUT2D eigenvalue weighted by atomic mass is 32.1. The molecule has 60 valence electrons. The molecule has 3 heteroatoms. The molecule has 0 bridgehead atoms. The van der Waals surface area contributed by atoms with Crippen molar-refractivity contribution in [3.8, 4) is 0 Å². The molecule has 1 heterocycles. The van der Waals surface area contributed by atoms with Crippen LogP contribution in [0.25, 0.3) is 0 Å². The number of aromatic nitrogens is 2. The summed E-state index contributed by atoms with van der Waals surface area (Å²) in [6.07, 6.45) is 8.10. The SMILES string of the molecule is S=c1[nH]ccn1CC1CCC1. The third-order valence-electron chi connectivity index (χ3n) is 2.40. The van der Waals surface area contributed by atoms with Crippen molar-refractivity contribution < 1.29 is 0 Å². The van der Waals surface area contributed by atoms with Crippen LogP contribution >= 0.6 is 12.2 Å². The highest BCUT2D eigenvalue weighted by Crippen LogP contribution is 2.27. The minimum atomic E-state index is 0.858. The van der Waals surface area contributed by atoms with Crippen molar-refractivity contribution in [1.82, 2.24) is 9.55 Å². The van der Waals surface area contributed by atoms with Crippen LogP contribution in [-0.4, -0.2) is 9.55 Å². The number of aromatic amines is 1. The summed E-state index contributed by atoms with van der Waals surface area (Å²) in [4.78, 5) is 3.00. The lowest BCUT2D eigenvalue weighted by molar-refractivity contribution is 0.275. The van der Waals surface area contributed by atoms with E-state index in [0.717, 1.165) is 17.2 Å². The van der Waals surface area contributed by atoms with Gasteiger partial charge in [-0.1, -0.05) is 6.42 Å². The van der Waals surface area contributed by atoms with Gasteiger partial charge in [0.1, 0.15) is 0 Å². The first-order valence-corrected chi connectivity index (χ1v) is 4.51. The van der Waals surface area contributed by atoms with Gasteiger partial charge in [-0.2, -0.15) is 0 Å². The molecule has 1 aliphatic rings. The van der Waals surface area contributed by atoms with Gasteiger partial charge in [0.05, 0.1) is 0 Å². The third kappa shape index (κ3) is 1.38. The zero-order chi connectivity index (χ0) is 7.68. The summed E-state index contributed by atoms with van der Waals surface area (Å²) in [7, 11) is 0. The van der Waals surface area contributed by atoms with Crippen molar-refractivity contribution in [2.45, 2.75) is 25.8 Å². The summed E-state index contributed by atoms with van der Waals surface area (Å²) in [6.45, 7) is 1.11. The summed E-state index contributed by atoms with van der Waals surface area (Å²) in [6, 6.07) is 0.